The van der Waals surface area contributed by atoms with Gasteiger partial charge in [-0.2, -0.15) is 0 Å². The lowest BCUT2D eigenvalue weighted by molar-refractivity contribution is 0.450. The first-order valence-corrected chi connectivity index (χ1v) is 8.45. The van der Waals surface area contributed by atoms with Crippen LogP contribution in [0.1, 0.15) is 87.3 Å². The zero-order valence-corrected chi connectivity index (χ0v) is 16.6. The Hall–Kier alpha value is -1.05. The van der Waals surface area contributed by atoms with E-state index in [1.54, 1.807) is 0 Å². The van der Waals surface area contributed by atoms with Gasteiger partial charge in [-0.15, -0.1) is 0 Å². The molecule has 1 heterocycles. The Bertz CT molecular complexity index is 476. The molecule has 0 N–H and O–H groups in total. The number of pyridine rings is 1. The van der Waals surface area contributed by atoms with Crippen LogP contribution < -0.4 is 4.90 Å². The Kier molecular flexibility index (Phi) is 5.06. The minimum Gasteiger partial charge on any atom is -0.364 e. The van der Waals surface area contributed by atoms with Gasteiger partial charge in [-0.3, -0.25) is 4.98 Å². The summed E-state index contributed by atoms with van der Waals surface area (Å²) in [4.78, 5) is 7.14. The van der Waals surface area contributed by atoms with Crippen LogP contribution in [0.3, 0.4) is 0 Å². The van der Waals surface area contributed by atoms with Crippen molar-refractivity contribution in [2.75, 3.05) is 4.90 Å². The van der Waals surface area contributed by atoms with Crippen LogP contribution in [0.4, 0.5) is 5.69 Å². The predicted octanol–water partition coefficient (Wildman–Crippen LogP) is 5.69. The van der Waals surface area contributed by atoms with E-state index < -0.39 is 0 Å². The number of nitrogens with zero attached hydrogens (tertiary/aromatic N) is 2. The Balaban J connectivity index is 3.81. The summed E-state index contributed by atoms with van der Waals surface area (Å²) in [6.07, 6.45) is 4.12. The van der Waals surface area contributed by atoms with E-state index in [2.05, 4.69) is 98.4 Å². The van der Waals surface area contributed by atoms with Crippen LogP contribution in [-0.2, 0) is 10.8 Å². The zero-order valence-electron chi connectivity index (χ0n) is 16.6. The molecule has 1 aromatic heterocycles. The average molecular weight is 305 g/mol. The number of anilines is 1. The van der Waals surface area contributed by atoms with Crippen molar-refractivity contribution in [3.05, 3.63) is 23.5 Å². The van der Waals surface area contributed by atoms with E-state index in [9.17, 15) is 0 Å². The van der Waals surface area contributed by atoms with Gasteiger partial charge in [0.1, 0.15) is 0 Å². The van der Waals surface area contributed by atoms with Crippen molar-refractivity contribution in [2.45, 2.75) is 98.6 Å². The second kappa shape index (κ2) is 5.86. The summed E-state index contributed by atoms with van der Waals surface area (Å²) in [6.45, 7) is 25.1. The molecule has 0 atom stereocenters. The predicted molar refractivity (Wildman–Crippen MR) is 99.0 cm³/mol. The van der Waals surface area contributed by atoms with Gasteiger partial charge < -0.3 is 4.90 Å². The highest BCUT2D eigenvalue weighted by Gasteiger charge is 2.34. The fraction of sp³-hybridized carbons (Fsp3) is 0.750. The van der Waals surface area contributed by atoms with E-state index in [-0.39, 0.29) is 16.4 Å². The molecule has 126 valence electrons. The number of rotatable bonds is 2. The van der Waals surface area contributed by atoms with Crippen LogP contribution in [0, 0.1) is 0 Å². The van der Waals surface area contributed by atoms with Gasteiger partial charge >= 0.3 is 0 Å². The van der Waals surface area contributed by atoms with Gasteiger partial charge in [-0.25, -0.2) is 0 Å². The molecule has 1 aromatic rings. The molecular weight excluding hydrogens is 268 g/mol. The van der Waals surface area contributed by atoms with Crippen LogP contribution in [0.25, 0.3) is 0 Å². The van der Waals surface area contributed by atoms with E-state index in [4.69, 9.17) is 0 Å². The molecule has 22 heavy (non-hydrogen) atoms. The van der Waals surface area contributed by atoms with Gasteiger partial charge in [0.15, 0.2) is 0 Å². The van der Waals surface area contributed by atoms with Crippen molar-refractivity contribution >= 4 is 5.69 Å². The van der Waals surface area contributed by atoms with Crippen LogP contribution in [0.2, 0.25) is 0 Å². The molecular formula is C20H36N2. The van der Waals surface area contributed by atoms with Crippen LogP contribution in [0.5, 0.6) is 0 Å². The van der Waals surface area contributed by atoms with Crippen LogP contribution in [-0.4, -0.2) is 16.6 Å². The SMILES string of the molecule is CC(C)N(c1c(C(C)(C)C)cncc1C(C)(C)C)C(C)(C)C. The van der Waals surface area contributed by atoms with Gasteiger partial charge in [-0.1, -0.05) is 41.5 Å². The Morgan fingerprint density at radius 3 is 1.36 bits per heavy atom. The Morgan fingerprint density at radius 2 is 1.14 bits per heavy atom. The highest BCUT2D eigenvalue weighted by Crippen LogP contribution is 2.42. The van der Waals surface area contributed by atoms with Crippen molar-refractivity contribution in [3.8, 4) is 0 Å². The fourth-order valence-corrected chi connectivity index (χ4v) is 3.18. The quantitative estimate of drug-likeness (QED) is 0.697. The van der Waals surface area contributed by atoms with Crippen molar-refractivity contribution in [3.63, 3.8) is 0 Å². The van der Waals surface area contributed by atoms with E-state index in [1.807, 2.05) is 0 Å². The summed E-state index contributed by atoms with van der Waals surface area (Å²) >= 11 is 0. The van der Waals surface area contributed by atoms with Crippen LogP contribution in [0.15, 0.2) is 12.4 Å². The highest BCUT2D eigenvalue weighted by molar-refractivity contribution is 5.64. The first kappa shape index (κ1) is 19.0. The van der Waals surface area contributed by atoms with E-state index in [0.717, 1.165) is 0 Å². The molecule has 0 aromatic carbocycles. The lowest BCUT2D eigenvalue weighted by atomic mass is 9.79. The summed E-state index contributed by atoms with van der Waals surface area (Å²) in [5.74, 6) is 0. The monoisotopic (exact) mass is 304 g/mol. The topological polar surface area (TPSA) is 16.1 Å². The van der Waals surface area contributed by atoms with Crippen LogP contribution >= 0.6 is 0 Å². The summed E-state index contributed by atoms with van der Waals surface area (Å²) in [7, 11) is 0. The zero-order chi connectivity index (χ0) is 17.5. The lowest BCUT2D eigenvalue weighted by Gasteiger charge is -2.46. The van der Waals surface area contributed by atoms with Gasteiger partial charge in [0.2, 0.25) is 0 Å². The van der Waals surface area contributed by atoms with Gasteiger partial charge in [-0.05, 0) is 56.6 Å². The molecule has 0 fully saturated rings. The molecule has 0 spiro atoms. The van der Waals surface area contributed by atoms with Crippen molar-refractivity contribution < 1.29 is 0 Å². The lowest BCUT2D eigenvalue weighted by Crippen LogP contribution is -2.48. The maximum Gasteiger partial charge on any atom is 0.0479 e. The molecule has 2 heteroatoms. The third-order valence-electron chi connectivity index (χ3n) is 4.01. The molecule has 0 bridgehead atoms. The number of hydrogen-bond donors (Lipinski definition) is 0. The number of aromatic nitrogens is 1. The molecule has 0 aliphatic rings. The summed E-state index contributed by atoms with van der Waals surface area (Å²) in [5.41, 5.74) is 4.25. The largest absolute Gasteiger partial charge is 0.364 e. The molecule has 0 saturated heterocycles. The maximum atomic E-state index is 4.58. The van der Waals surface area contributed by atoms with Crippen molar-refractivity contribution in [1.29, 1.82) is 0 Å². The van der Waals surface area contributed by atoms with E-state index >= 15 is 0 Å². The maximum absolute atomic E-state index is 4.58. The molecule has 0 saturated carbocycles. The molecule has 2 nitrogen and oxygen atoms in total. The van der Waals surface area contributed by atoms with E-state index in [1.165, 1.54) is 16.8 Å². The van der Waals surface area contributed by atoms with Gasteiger partial charge in [0.05, 0.1) is 0 Å². The molecule has 0 aliphatic heterocycles. The van der Waals surface area contributed by atoms with Crippen molar-refractivity contribution in [2.24, 2.45) is 0 Å². The minimum atomic E-state index is 0.0650. The second-order valence-electron chi connectivity index (χ2n) is 9.72. The molecule has 0 aliphatic carbocycles. The Morgan fingerprint density at radius 1 is 0.773 bits per heavy atom. The van der Waals surface area contributed by atoms with Gasteiger partial charge in [0.25, 0.3) is 0 Å². The third-order valence-corrected chi connectivity index (χ3v) is 4.01. The first-order chi connectivity index (χ1) is 9.67. The number of hydrogen-bond acceptors (Lipinski definition) is 2. The third kappa shape index (κ3) is 4.02. The first-order valence-electron chi connectivity index (χ1n) is 8.45. The molecule has 0 amide bonds. The second-order valence-corrected chi connectivity index (χ2v) is 9.72. The highest BCUT2D eigenvalue weighted by atomic mass is 15.2. The smallest absolute Gasteiger partial charge is 0.0479 e. The van der Waals surface area contributed by atoms with Gasteiger partial charge in [0, 0.05) is 29.7 Å². The summed E-state index contributed by atoms with van der Waals surface area (Å²) in [6, 6.07) is 0.435. The molecule has 0 unspecified atom stereocenters. The Labute approximate surface area is 138 Å². The average Bonchev–Trinajstić information content (AvgIpc) is 2.23. The van der Waals surface area contributed by atoms with E-state index in [0.29, 0.717) is 6.04 Å². The standard InChI is InChI=1S/C20H36N2/c1-14(2)22(20(9,10)11)17-15(18(3,4)5)12-21-13-16(17)19(6,7)8/h12-14H,1-11H3. The molecule has 0 radical (unpaired) electrons. The normalized spacial score (nSPS) is 13.6. The molecule has 1 rings (SSSR count). The minimum absolute atomic E-state index is 0.0650. The van der Waals surface area contributed by atoms with Crippen molar-refractivity contribution in [1.82, 2.24) is 4.98 Å². The summed E-state index contributed by atoms with van der Waals surface area (Å²) in [5, 5.41) is 0. The summed E-state index contributed by atoms with van der Waals surface area (Å²) < 4.78 is 0. The fourth-order valence-electron chi connectivity index (χ4n) is 3.18.